The van der Waals surface area contributed by atoms with Gasteiger partial charge in [-0.25, -0.2) is 0 Å². The largest absolute Gasteiger partial charge is 0.486 e. The van der Waals surface area contributed by atoms with Gasteiger partial charge >= 0.3 is 0 Å². The van der Waals surface area contributed by atoms with E-state index in [2.05, 4.69) is 21.4 Å². The standard InChI is InChI=1S/C18H22N4O2/c1-8-16(23)19-14-9-12-13(10-15(14)24-18(3,4)5)21-20-11(2)17(12)22(6)7/h1,9-10H,2-7H3,(H,19,23). The van der Waals surface area contributed by atoms with Gasteiger partial charge in [0, 0.05) is 25.5 Å². The first-order valence-corrected chi connectivity index (χ1v) is 7.57. The maximum Gasteiger partial charge on any atom is 0.300 e. The molecule has 0 saturated heterocycles. The summed E-state index contributed by atoms with van der Waals surface area (Å²) in [4.78, 5) is 13.6. The van der Waals surface area contributed by atoms with E-state index in [4.69, 9.17) is 11.2 Å². The Bertz CT molecular complexity index is 829. The maximum atomic E-state index is 11.7. The number of aromatic nitrogens is 2. The monoisotopic (exact) mass is 326 g/mol. The highest BCUT2D eigenvalue weighted by atomic mass is 16.5. The van der Waals surface area contributed by atoms with Crippen molar-refractivity contribution >= 4 is 28.2 Å². The van der Waals surface area contributed by atoms with E-state index in [1.54, 1.807) is 6.07 Å². The quantitative estimate of drug-likeness (QED) is 0.879. The van der Waals surface area contributed by atoms with Crippen LogP contribution in [0.2, 0.25) is 0 Å². The van der Waals surface area contributed by atoms with E-state index in [9.17, 15) is 4.79 Å². The summed E-state index contributed by atoms with van der Waals surface area (Å²) in [6.07, 6.45) is 5.18. The number of nitrogens with one attached hydrogen (secondary N) is 1. The summed E-state index contributed by atoms with van der Waals surface area (Å²) >= 11 is 0. The van der Waals surface area contributed by atoms with E-state index >= 15 is 0 Å². The van der Waals surface area contributed by atoms with E-state index < -0.39 is 11.5 Å². The molecule has 1 aromatic carbocycles. The Labute approximate surface area is 142 Å². The van der Waals surface area contributed by atoms with Gasteiger partial charge in [0.15, 0.2) is 0 Å². The van der Waals surface area contributed by atoms with Crippen molar-refractivity contribution in [2.45, 2.75) is 33.3 Å². The topological polar surface area (TPSA) is 67.4 Å². The fourth-order valence-corrected chi connectivity index (χ4v) is 2.45. The molecular formula is C18H22N4O2. The summed E-state index contributed by atoms with van der Waals surface area (Å²) in [7, 11) is 3.87. The highest BCUT2D eigenvalue weighted by Crippen LogP contribution is 2.36. The molecule has 0 aliphatic carbocycles. The number of hydrogen-bond donors (Lipinski definition) is 1. The Balaban J connectivity index is 2.72. The highest BCUT2D eigenvalue weighted by molar-refractivity contribution is 6.06. The number of ether oxygens (including phenoxy) is 1. The number of carbonyl (C=O) groups is 1. The van der Waals surface area contributed by atoms with Crippen LogP contribution >= 0.6 is 0 Å². The molecule has 0 atom stereocenters. The molecule has 0 bridgehead atoms. The second-order valence-corrected chi connectivity index (χ2v) is 6.71. The van der Waals surface area contributed by atoms with E-state index in [-0.39, 0.29) is 0 Å². The Morgan fingerprint density at radius 3 is 2.50 bits per heavy atom. The first kappa shape index (κ1) is 17.5. The lowest BCUT2D eigenvalue weighted by atomic mass is 10.1. The van der Waals surface area contributed by atoms with Crippen molar-refractivity contribution in [3.8, 4) is 18.1 Å². The number of fused-ring (bicyclic) bond motifs is 1. The first-order chi connectivity index (χ1) is 11.1. The number of nitrogens with zero attached hydrogens (tertiary/aromatic N) is 3. The van der Waals surface area contributed by atoms with E-state index in [1.807, 2.05) is 52.8 Å². The van der Waals surface area contributed by atoms with Crippen LogP contribution < -0.4 is 15.0 Å². The number of benzene rings is 1. The minimum Gasteiger partial charge on any atom is -0.486 e. The molecule has 0 aliphatic heterocycles. The molecule has 0 fully saturated rings. The molecule has 1 amide bonds. The number of anilines is 2. The predicted molar refractivity (Wildman–Crippen MR) is 96.4 cm³/mol. The summed E-state index contributed by atoms with van der Waals surface area (Å²) in [5.74, 6) is 2.03. The zero-order valence-corrected chi connectivity index (χ0v) is 14.9. The van der Waals surface area contributed by atoms with Crippen LogP contribution in [0.5, 0.6) is 5.75 Å². The number of terminal acetylenes is 1. The minimum atomic E-state index is -0.529. The zero-order chi connectivity index (χ0) is 18.1. The summed E-state index contributed by atoms with van der Waals surface area (Å²) in [6, 6.07) is 3.59. The van der Waals surface area contributed by atoms with E-state index in [1.165, 1.54) is 0 Å². The van der Waals surface area contributed by atoms with Crippen molar-refractivity contribution in [2.24, 2.45) is 0 Å². The summed E-state index contributed by atoms with van der Waals surface area (Å²) in [5, 5.41) is 12.0. The van der Waals surface area contributed by atoms with Crippen LogP contribution in [0.4, 0.5) is 11.4 Å². The van der Waals surface area contributed by atoms with Crippen LogP contribution in [0.3, 0.4) is 0 Å². The Morgan fingerprint density at radius 2 is 1.96 bits per heavy atom. The molecule has 0 spiro atoms. The van der Waals surface area contributed by atoms with Crippen LogP contribution in [0.25, 0.3) is 10.9 Å². The molecular weight excluding hydrogens is 304 g/mol. The molecule has 6 nitrogen and oxygen atoms in total. The second kappa shape index (κ2) is 6.36. The van der Waals surface area contributed by atoms with Crippen LogP contribution in [-0.2, 0) is 4.79 Å². The molecule has 6 heteroatoms. The van der Waals surface area contributed by atoms with Crippen molar-refractivity contribution in [1.82, 2.24) is 10.2 Å². The SMILES string of the molecule is C#CC(=O)Nc1cc2c(N(C)C)c(C)nnc2cc1OC(C)(C)C. The minimum absolute atomic E-state index is 0.439. The second-order valence-electron chi connectivity index (χ2n) is 6.71. The van der Waals surface area contributed by atoms with E-state index in [0.29, 0.717) is 17.0 Å². The van der Waals surface area contributed by atoms with Crippen molar-refractivity contribution in [3.05, 3.63) is 17.8 Å². The molecule has 1 heterocycles. The van der Waals surface area contributed by atoms with Gasteiger partial charge in [-0.05, 0) is 39.7 Å². The molecule has 126 valence electrons. The molecule has 1 N–H and O–H groups in total. The van der Waals surface area contributed by atoms with Gasteiger partial charge in [-0.3, -0.25) is 4.79 Å². The van der Waals surface area contributed by atoms with Gasteiger partial charge in [0.2, 0.25) is 0 Å². The molecule has 2 aromatic rings. The molecule has 2 rings (SSSR count). The normalized spacial score (nSPS) is 11.0. The average Bonchev–Trinajstić information content (AvgIpc) is 2.46. The van der Waals surface area contributed by atoms with Gasteiger partial charge in [-0.1, -0.05) is 0 Å². The Kier molecular flexibility index (Phi) is 4.65. The maximum absolute atomic E-state index is 11.7. The van der Waals surface area contributed by atoms with Gasteiger partial charge in [-0.2, -0.15) is 5.10 Å². The lowest BCUT2D eigenvalue weighted by molar-refractivity contribution is -0.111. The third-order valence-electron chi connectivity index (χ3n) is 3.25. The summed E-state index contributed by atoms with van der Waals surface area (Å²) < 4.78 is 5.95. The zero-order valence-electron chi connectivity index (χ0n) is 14.9. The van der Waals surface area contributed by atoms with Crippen molar-refractivity contribution in [3.63, 3.8) is 0 Å². The highest BCUT2D eigenvalue weighted by Gasteiger charge is 2.19. The number of carbonyl (C=O) groups excluding carboxylic acids is 1. The average molecular weight is 326 g/mol. The van der Waals surface area contributed by atoms with Gasteiger partial charge < -0.3 is 15.0 Å². The van der Waals surface area contributed by atoms with Crippen molar-refractivity contribution in [1.29, 1.82) is 0 Å². The van der Waals surface area contributed by atoms with E-state index in [0.717, 1.165) is 16.8 Å². The Hall–Kier alpha value is -2.81. The lowest BCUT2D eigenvalue weighted by Gasteiger charge is -2.24. The van der Waals surface area contributed by atoms with Gasteiger partial charge in [0.05, 0.1) is 22.6 Å². The molecule has 0 saturated carbocycles. The van der Waals surface area contributed by atoms with Crippen molar-refractivity contribution < 1.29 is 9.53 Å². The van der Waals surface area contributed by atoms with Gasteiger partial charge in [-0.15, -0.1) is 11.5 Å². The number of amides is 1. The Morgan fingerprint density at radius 1 is 1.29 bits per heavy atom. The number of aryl methyl sites for hydroxylation is 1. The molecule has 1 aromatic heterocycles. The molecule has 0 radical (unpaired) electrons. The summed E-state index contributed by atoms with van der Waals surface area (Å²) in [6.45, 7) is 7.67. The lowest BCUT2D eigenvalue weighted by Crippen LogP contribution is -2.24. The first-order valence-electron chi connectivity index (χ1n) is 7.57. The van der Waals surface area contributed by atoms with Crippen molar-refractivity contribution in [2.75, 3.05) is 24.3 Å². The van der Waals surface area contributed by atoms with Crippen LogP contribution in [0.1, 0.15) is 26.5 Å². The fraction of sp³-hybridized carbons (Fsp3) is 0.389. The third kappa shape index (κ3) is 3.74. The predicted octanol–water partition coefficient (Wildman–Crippen LogP) is 2.75. The molecule has 0 unspecified atom stereocenters. The van der Waals surface area contributed by atoms with Crippen LogP contribution in [-0.4, -0.2) is 35.8 Å². The summed E-state index contributed by atoms with van der Waals surface area (Å²) in [5.41, 5.74) is 2.48. The third-order valence-corrected chi connectivity index (χ3v) is 3.25. The molecule has 24 heavy (non-hydrogen) atoms. The number of hydrogen-bond acceptors (Lipinski definition) is 5. The molecule has 0 aliphatic rings. The van der Waals surface area contributed by atoms with Crippen LogP contribution in [0, 0.1) is 19.3 Å². The van der Waals surface area contributed by atoms with Gasteiger partial charge in [0.1, 0.15) is 11.4 Å². The smallest absolute Gasteiger partial charge is 0.300 e. The number of rotatable bonds is 3. The fourth-order valence-electron chi connectivity index (χ4n) is 2.45. The van der Waals surface area contributed by atoms with Crippen LogP contribution in [0.15, 0.2) is 12.1 Å². The van der Waals surface area contributed by atoms with Gasteiger partial charge in [0.25, 0.3) is 5.91 Å².